The molecule has 1 saturated heterocycles. The van der Waals surface area contributed by atoms with Gasteiger partial charge >= 0.3 is 6.09 Å². The first-order valence-electron chi connectivity index (χ1n) is 15.3. The quantitative estimate of drug-likeness (QED) is 0.276. The number of hydrogen-bond acceptors (Lipinski definition) is 10. The standard InChI is InChI=1S/C33H43ClN6O7S/c1-32(2,3)22-18-24(29(45-7)25(19-22)38-48(8,43)44)36-30(41)21-9-10-23(34)26(17-21)46-28-11-12-35-27(37-28)20-39-13-15-40(16-14-39)31(42)47-33(4,5)6/h9-12,17-19,38H,13-16,20H2,1-8H3,(H,36,41). The van der Waals surface area contributed by atoms with Crippen molar-refractivity contribution in [1.82, 2.24) is 19.8 Å². The summed E-state index contributed by atoms with van der Waals surface area (Å²) >= 11 is 6.45. The summed E-state index contributed by atoms with van der Waals surface area (Å²) in [6, 6.07) is 9.60. The number of carbonyl (C=O) groups is 2. The normalized spacial score (nSPS) is 14.3. The van der Waals surface area contributed by atoms with Crippen LogP contribution in [0.1, 0.15) is 63.3 Å². The Kier molecular flexibility index (Phi) is 11.1. The molecule has 260 valence electrons. The summed E-state index contributed by atoms with van der Waals surface area (Å²) in [7, 11) is -2.25. The van der Waals surface area contributed by atoms with Gasteiger partial charge in [0.25, 0.3) is 5.91 Å². The van der Waals surface area contributed by atoms with Gasteiger partial charge in [-0.1, -0.05) is 32.4 Å². The number of aromatic nitrogens is 2. The molecule has 3 aromatic rings. The van der Waals surface area contributed by atoms with E-state index in [0.717, 1.165) is 11.8 Å². The molecule has 0 spiro atoms. The van der Waals surface area contributed by atoms with E-state index in [2.05, 4.69) is 24.9 Å². The molecule has 1 fully saturated rings. The molecule has 1 aliphatic rings. The number of carbonyl (C=O) groups excluding carboxylic acids is 2. The summed E-state index contributed by atoms with van der Waals surface area (Å²) in [5.74, 6) is 0.623. The van der Waals surface area contributed by atoms with Crippen LogP contribution in [-0.2, 0) is 26.7 Å². The molecule has 0 unspecified atom stereocenters. The number of anilines is 2. The molecule has 0 radical (unpaired) electrons. The fourth-order valence-electron chi connectivity index (χ4n) is 4.81. The van der Waals surface area contributed by atoms with Crippen LogP contribution in [0.5, 0.6) is 17.4 Å². The number of rotatable bonds is 9. The molecule has 13 nitrogen and oxygen atoms in total. The van der Waals surface area contributed by atoms with E-state index >= 15 is 0 Å². The Morgan fingerprint density at radius 3 is 2.25 bits per heavy atom. The Morgan fingerprint density at radius 1 is 0.979 bits per heavy atom. The number of methoxy groups -OCH3 is 1. The van der Waals surface area contributed by atoms with Crippen molar-refractivity contribution < 1.29 is 32.2 Å². The van der Waals surface area contributed by atoms with Crippen LogP contribution in [0.15, 0.2) is 42.6 Å². The van der Waals surface area contributed by atoms with Gasteiger partial charge in [-0.05, 0) is 62.1 Å². The minimum atomic E-state index is -3.64. The lowest BCUT2D eigenvalue weighted by Crippen LogP contribution is -2.49. The third-order valence-corrected chi connectivity index (χ3v) is 8.08. The first-order valence-corrected chi connectivity index (χ1v) is 17.6. The Labute approximate surface area is 287 Å². The van der Waals surface area contributed by atoms with Crippen LogP contribution in [0.4, 0.5) is 16.2 Å². The topological polar surface area (TPSA) is 152 Å². The number of sulfonamides is 1. The van der Waals surface area contributed by atoms with E-state index in [1.165, 1.54) is 19.2 Å². The van der Waals surface area contributed by atoms with Crippen LogP contribution in [0.25, 0.3) is 0 Å². The number of amides is 2. The monoisotopic (exact) mass is 702 g/mol. The van der Waals surface area contributed by atoms with Crippen molar-refractivity contribution >= 4 is 45.0 Å². The second-order valence-corrected chi connectivity index (χ2v) is 15.6. The summed E-state index contributed by atoms with van der Waals surface area (Å²) < 4.78 is 43.7. The van der Waals surface area contributed by atoms with E-state index in [1.807, 2.05) is 41.5 Å². The maximum Gasteiger partial charge on any atom is 0.410 e. The number of nitrogens with one attached hydrogen (secondary N) is 2. The van der Waals surface area contributed by atoms with Gasteiger partial charge in [0.2, 0.25) is 15.9 Å². The smallest absolute Gasteiger partial charge is 0.410 e. The molecule has 15 heteroatoms. The molecule has 48 heavy (non-hydrogen) atoms. The molecule has 1 aliphatic heterocycles. The Hall–Kier alpha value is -4.14. The zero-order valence-corrected chi connectivity index (χ0v) is 30.1. The molecule has 2 amide bonds. The van der Waals surface area contributed by atoms with Crippen molar-refractivity contribution in [3.8, 4) is 17.4 Å². The minimum absolute atomic E-state index is 0.159. The summed E-state index contributed by atoms with van der Waals surface area (Å²) in [4.78, 5) is 38.6. The van der Waals surface area contributed by atoms with Gasteiger partial charge in [0, 0.05) is 44.0 Å². The van der Waals surface area contributed by atoms with Crippen molar-refractivity contribution in [3.05, 3.63) is 64.6 Å². The molecule has 2 heterocycles. The molecule has 4 rings (SSSR count). The Balaban J connectivity index is 1.48. The third-order valence-electron chi connectivity index (χ3n) is 7.18. The highest BCUT2D eigenvalue weighted by atomic mass is 35.5. The summed E-state index contributed by atoms with van der Waals surface area (Å²) in [5, 5.41) is 3.10. The molecular weight excluding hydrogens is 660 g/mol. The average molecular weight is 703 g/mol. The maximum atomic E-state index is 13.5. The number of halogens is 1. The number of piperazine rings is 1. The van der Waals surface area contributed by atoms with Crippen LogP contribution in [0.2, 0.25) is 5.02 Å². The largest absolute Gasteiger partial charge is 0.492 e. The van der Waals surface area contributed by atoms with Crippen LogP contribution in [-0.4, -0.2) is 85.3 Å². The van der Waals surface area contributed by atoms with Crippen LogP contribution < -0.4 is 19.5 Å². The van der Waals surface area contributed by atoms with E-state index < -0.39 is 21.5 Å². The molecule has 1 aromatic heterocycles. The molecular formula is C33H43ClN6O7S. The second kappa shape index (κ2) is 14.5. The van der Waals surface area contributed by atoms with Gasteiger partial charge in [-0.15, -0.1) is 0 Å². The van der Waals surface area contributed by atoms with Gasteiger partial charge in [0.1, 0.15) is 17.2 Å². The highest BCUT2D eigenvalue weighted by Crippen LogP contribution is 2.39. The molecule has 2 aromatic carbocycles. The number of nitrogens with zero attached hydrogens (tertiary/aromatic N) is 4. The zero-order valence-electron chi connectivity index (χ0n) is 28.5. The summed E-state index contributed by atoms with van der Waals surface area (Å²) in [6.07, 6.45) is 2.29. The summed E-state index contributed by atoms with van der Waals surface area (Å²) in [5.41, 5.74) is 0.565. The first kappa shape index (κ1) is 36.7. The van der Waals surface area contributed by atoms with Crippen LogP contribution in [0, 0.1) is 0 Å². The fourth-order valence-corrected chi connectivity index (χ4v) is 5.52. The van der Waals surface area contributed by atoms with Crippen molar-refractivity contribution in [1.29, 1.82) is 0 Å². The molecule has 0 atom stereocenters. The molecule has 0 aliphatic carbocycles. The molecule has 2 N–H and O–H groups in total. The van der Waals surface area contributed by atoms with Gasteiger partial charge < -0.3 is 24.4 Å². The second-order valence-electron chi connectivity index (χ2n) is 13.5. The number of ether oxygens (including phenoxy) is 3. The van der Waals surface area contributed by atoms with E-state index in [9.17, 15) is 18.0 Å². The predicted molar refractivity (Wildman–Crippen MR) is 185 cm³/mol. The van der Waals surface area contributed by atoms with E-state index in [0.29, 0.717) is 38.5 Å². The zero-order chi connectivity index (χ0) is 35.4. The minimum Gasteiger partial charge on any atom is -0.492 e. The van der Waals surface area contributed by atoms with Crippen LogP contribution in [0.3, 0.4) is 0 Å². The van der Waals surface area contributed by atoms with Crippen molar-refractivity contribution in [2.45, 2.75) is 59.1 Å². The predicted octanol–water partition coefficient (Wildman–Crippen LogP) is 5.90. The van der Waals surface area contributed by atoms with E-state index in [4.69, 9.17) is 25.8 Å². The van der Waals surface area contributed by atoms with Gasteiger partial charge in [-0.3, -0.25) is 14.4 Å². The van der Waals surface area contributed by atoms with Gasteiger partial charge in [-0.25, -0.2) is 18.2 Å². The van der Waals surface area contributed by atoms with Gasteiger partial charge in [-0.2, -0.15) is 4.98 Å². The molecule has 0 bridgehead atoms. The Bertz CT molecular complexity index is 1760. The van der Waals surface area contributed by atoms with Crippen molar-refractivity contribution in [3.63, 3.8) is 0 Å². The van der Waals surface area contributed by atoms with Crippen molar-refractivity contribution in [2.24, 2.45) is 0 Å². The number of benzene rings is 2. The maximum absolute atomic E-state index is 13.5. The van der Waals surface area contributed by atoms with Gasteiger partial charge in [0.05, 0.1) is 36.3 Å². The number of hydrogen-bond donors (Lipinski definition) is 2. The fraction of sp³-hybridized carbons (Fsp3) is 0.455. The Morgan fingerprint density at radius 2 is 1.65 bits per heavy atom. The first-order chi connectivity index (χ1) is 22.3. The SMILES string of the molecule is COc1c(NC(=O)c2ccc(Cl)c(Oc3ccnc(CN4CCN(C(=O)OC(C)(C)C)CC4)n3)c2)cc(C(C)(C)C)cc1NS(C)(=O)=O. The highest BCUT2D eigenvalue weighted by Gasteiger charge is 2.27. The van der Waals surface area contributed by atoms with E-state index in [1.54, 1.807) is 35.4 Å². The lowest BCUT2D eigenvalue weighted by molar-refractivity contribution is 0.0137. The summed E-state index contributed by atoms with van der Waals surface area (Å²) in [6.45, 7) is 14.2. The molecule has 0 saturated carbocycles. The van der Waals surface area contributed by atoms with Crippen molar-refractivity contribution in [2.75, 3.05) is 49.6 Å². The van der Waals surface area contributed by atoms with Gasteiger partial charge in [0.15, 0.2) is 5.75 Å². The average Bonchev–Trinajstić information content (AvgIpc) is 2.96. The lowest BCUT2D eigenvalue weighted by Gasteiger charge is -2.35. The highest BCUT2D eigenvalue weighted by molar-refractivity contribution is 7.92. The van der Waals surface area contributed by atoms with E-state index in [-0.39, 0.29) is 50.8 Å². The third kappa shape index (κ3) is 10.2. The lowest BCUT2D eigenvalue weighted by atomic mass is 9.86. The van der Waals surface area contributed by atoms with Crippen LogP contribution >= 0.6 is 11.6 Å².